The maximum atomic E-state index is 13.1. The van der Waals surface area contributed by atoms with Gasteiger partial charge in [0, 0.05) is 35.6 Å². The molecule has 2 amide bonds. The molecule has 0 unspecified atom stereocenters. The van der Waals surface area contributed by atoms with Gasteiger partial charge in [0.2, 0.25) is 5.91 Å². The maximum Gasteiger partial charge on any atom is 0.254 e. The van der Waals surface area contributed by atoms with Crippen molar-refractivity contribution in [3.05, 3.63) is 71.3 Å². The van der Waals surface area contributed by atoms with Crippen molar-refractivity contribution in [3.63, 3.8) is 0 Å². The molecule has 10 heteroatoms. The zero-order valence-corrected chi connectivity index (χ0v) is 22.2. The summed E-state index contributed by atoms with van der Waals surface area (Å²) in [6, 6.07) is 17.3. The van der Waals surface area contributed by atoms with Gasteiger partial charge in [-0.1, -0.05) is 6.07 Å². The number of benzene rings is 3. The summed E-state index contributed by atoms with van der Waals surface area (Å²) in [6.45, 7) is 2.26. The van der Waals surface area contributed by atoms with E-state index in [9.17, 15) is 9.59 Å². The number of hydrogen-bond donors (Lipinski definition) is 3. The molecule has 10 nitrogen and oxygen atoms in total. The van der Waals surface area contributed by atoms with Crippen LogP contribution in [0.5, 0.6) is 11.5 Å². The minimum atomic E-state index is -0.563. The SMILES string of the molecule is COc1ccc2c(c1)[C@]1(C[C@H]1c1ccc3c(Nc4ccc(C(=O)N5CCOCC5)cc4OC)n[nH]c3c1)C(=O)N2. The van der Waals surface area contributed by atoms with E-state index in [4.69, 9.17) is 14.2 Å². The fourth-order valence-corrected chi connectivity index (χ4v) is 6.05. The number of aromatic nitrogens is 2. The van der Waals surface area contributed by atoms with Gasteiger partial charge in [0.1, 0.15) is 11.5 Å². The highest BCUT2D eigenvalue weighted by molar-refractivity contribution is 6.10. The van der Waals surface area contributed by atoms with Crippen LogP contribution < -0.4 is 20.1 Å². The predicted molar refractivity (Wildman–Crippen MR) is 150 cm³/mol. The number of rotatable bonds is 6. The van der Waals surface area contributed by atoms with Gasteiger partial charge >= 0.3 is 0 Å². The van der Waals surface area contributed by atoms with E-state index in [-0.39, 0.29) is 17.7 Å². The highest BCUT2D eigenvalue weighted by Gasteiger charge is 2.65. The van der Waals surface area contributed by atoms with Crippen LogP contribution in [0.3, 0.4) is 0 Å². The lowest BCUT2D eigenvalue weighted by Crippen LogP contribution is -2.40. The number of nitrogens with one attached hydrogen (secondary N) is 3. The molecule has 3 heterocycles. The molecular formula is C30H29N5O5. The highest BCUT2D eigenvalue weighted by atomic mass is 16.5. The van der Waals surface area contributed by atoms with E-state index >= 15 is 0 Å². The van der Waals surface area contributed by atoms with Crippen molar-refractivity contribution in [2.75, 3.05) is 51.2 Å². The normalized spacial score (nSPS) is 21.3. The summed E-state index contributed by atoms with van der Waals surface area (Å²) in [6.07, 6.45) is 0.747. The third-order valence-corrected chi connectivity index (χ3v) is 8.31. The Hall–Kier alpha value is -4.57. The molecule has 3 aromatic carbocycles. The monoisotopic (exact) mass is 539 g/mol. The molecule has 2 atom stereocenters. The lowest BCUT2D eigenvalue weighted by atomic mass is 9.91. The summed E-state index contributed by atoms with van der Waals surface area (Å²) >= 11 is 0. The van der Waals surface area contributed by atoms with Crippen LogP contribution in [0.15, 0.2) is 54.6 Å². The lowest BCUT2D eigenvalue weighted by molar-refractivity contribution is -0.118. The Morgan fingerprint density at radius 2 is 1.93 bits per heavy atom. The summed E-state index contributed by atoms with van der Waals surface area (Å²) in [5.74, 6) is 2.01. The van der Waals surface area contributed by atoms with Gasteiger partial charge in [-0.3, -0.25) is 14.7 Å². The summed E-state index contributed by atoms with van der Waals surface area (Å²) in [4.78, 5) is 27.8. The number of hydrogen-bond acceptors (Lipinski definition) is 7. The third kappa shape index (κ3) is 3.78. The molecular weight excluding hydrogens is 510 g/mol. The highest BCUT2D eigenvalue weighted by Crippen LogP contribution is 2.65. The molecule has 1 aromatic heterocycles. The molecule has 2 aliphatic heterocycles. The van der Waals surface area contributed by atoms with Crippen LogP contribution in [0.1, 0.15) is 33.8 Å². The van der Waals surface area contributed by atoms with Crippen molar-refractivity contribution in [1.29, 1.82) is 0 Å². The average Bonchev–Trinajstić information content (AvgIpc) is 3.55. The molecule has 3 aliphatic rings. The van der Waals surface area contributed by atoms with Gasteiger partial charge in [0.15, 0.2) is 5.82 Å². The zero-order chi connectivity index (χ0) is 27.4. The number of morpholine rings is 1. The largest absolute Gasteiger partial charge is 0.497 e. The first-order chi connectivity index (χ1) is 19.5. The lowest BCUT2D eigenvalue weighted by Gasteiger charge is -2.27. The predicted octanol–water partition coefficient (Wildman–Crippen LogP) is 4.17. The second-order valence-corrected chi connectivity index (χ2v) is 10.4. The van der Waals surface area contributed by atoms with Crippen molar-refractivity contribution >= 4 is 39.9 Å². The van der Waals surface area contributed by atoms with E-state index in [0.29, 0.717) is 49.1 Å². The Kier molecular flexibility index (Phi) is 5.67. The number of amides is 2. The molecule has 3 N–H and O–H groups in total. The maximum absolute atomic E-state index is 13.1. The Morgan fingerprint density at radius 3 is 2.73 bits per heavy atom. The number of fused-ring (bicyclic) bond motifs is 3. The zero-order valence-electron chi connectivity index (χ0n) is 22.2. The van der Waals surface area contributed by atoms with Crippen LogP contribution in [0.4, 0.5) is 17.2 Å². The van der Waals surface area contributed by atoms with Gasteiger partial charge in [-0.05, 0) is 66.1 Å². The standard InChI is InChI=1S/C30H29N5O5/c1-38-19-5-8-23-21(15-19)30(29(37)32-23)16-22(30)17-3-6-20-25(13-17)33-34-27(20)31-24-7-4-18(14-26(24)39-2)28(36)35-9-11-40-12-10-35/h3-8,13-15,22H,9-12,16H2,1-2H3,(H,32,37)(H2,31,33,34)/t22-,30-/m0/s1. The van der Waals surface area contributed by atoms with Gasteiger partial charge in [0.05, 0.1) is 44.1 Å². The van der Waals surface area contributed by atoms with Crippen molar-refractivity contribution in [2.24, 2.45) is 0 Å². The number of aromatic amines is 1. The van der Waals surface area contributed by atoms with Crippen LogP contribution in [0, 0.1) is 0 Å². The van der Waals surface area contributed by atoms with Gasteiger partial charge in [-0.15, -0.1) is 0 Å². The third-order valence-electron chi connectivity index (χ3n) is 8.31. The van der Waals surface area contributed by atoms with Gasteiger partial charge in [-0.25, -0.2) is 0 Å². The fourth-order valence-electron chi connectivity index (χ4n) is 6.05. The average molecular weight is 540 g/mol. The van der Waals surface area contributed by atoms with Crippen LogP contribution >= 0.6 is 0 Å². The van der Waals surface area contributed by atoms with Crippen LogP contribution in [0.2, 0.25) is 0 Å². The quantitative estimate of drug-likeness (QED) is 0.337. The molecule has 1 saturated carbocycles. The minimum Gasteiger partial charge on any atom is -0.497 e. The summed E-state index contributed by atoms with van der Waals surface area (Å²) in [5.41, 5.74) is 4.50. The number of ether oxygens (including phenoxy) is 3. The minimum absolute atomic E-state index is 0.0375. The topological polar surface area (TPSA) is 118 Å². The number of H-pyrrole nitrogens is 1. The fraction of sp³-hybridized carbons (Fsp3) is 0.300. The smallest absolute Gasteiger partial charge is 0.254 e. The van der Waals surface area contributed by atoms with Crippen molar-refractivity contribution < 1.29 is 23.8 Å². The van der Waals surface area contributed by atoms with E-state index in [2.05, 4.69) is 33.0 Å². The summed E-state index contributed by atoms with van der Waals surface area (Å²) in [7, 11) is 3.21. The molecule has 0 radical (unpaired) electrons. The molecule has 4 aromatic rings. The Morgan fingerprint density at radius 1 is 1.07 bits per heavy atom. The van der Waals surface area contributed by atoms with E-state index < -0.39 is 5.41 Å². The second-order valence-electron chi connectivity index (χ2n) is 10.4. The molecule has 204 valence electrons. The second kappa shape index (κ2) is 9.27. The van der Waals surface area contributed by atoms with Crippen LogP contribution in [-0.4, -0.2) is 67.4 Å². The van der Waals surface area contributed by atoms with Crippen molar-refractivity contribution in [3.8, 4) is 11.5 Å². The van der Waals surface area contributed by atoms with Gasteiger partial charge in [-0.2, -0.15) is 5.10 Å². The number of nitrogens with zero attached hydrogens (tertiary/aromatic N) is 2. The first kappa shape index (κ1) is 24.5. The molecule has 7 rings (SSSR count). The number of carbonyl (C=O) groups is 2. The van der Waals surface area contributed by atoms with Gasteiger partial charge in [0.25, 0.3) is 5.91 Å². The first-order valence-electron chi connectivity index (χ1n) is 13.3. The Bertz CT molecular complexity index is 1660. The Labute approximate surface area is 230 Å². The van der Waals surface area contributed by atoms with Crippen LogP contribution in [0.25, 0.3) is 10.9 Å². The summed E-state index contributed by atoms with van der Waals surface area (Å²) in [5, 5.41) is 14.9. The van der Waals surface area contributed by atoms with E-state index in [1.54, 1.807) is 31.3 Å². The summed E-state index contributed by atoms with van der Waals surface area (Å²) < 4.78 is 16.4. The Balaban J connectivity index is 1.13. The molecule has 1 saturated heterocycles. The first-order valence-corrected chi connectivity index (χ1v) is 13.3. The molecule has 2 fully saturated rings. The van der Waals surface area contributed by atoms with E-state index in [0.717, 1.165) is 39.9 Å². The van der Waals surface area contributed by atoms with E-state index in [1.807, 2.05) is 30.3 Å². The number of carbonyl (C=O) groups excluding carboxylic acids is 2. The van der Waals surface area contributed by atoms with Gasteiger partial charge < -0.3 is 29.7 Å². The molecule has 1 spiro atoms. The van der Waals surface area contributed by atoms with E-state index in [1.165, 1.54) is 0 Å². The van der Waals surface area contributed by atoms with Crippen molar-refractivity contribution in [1.82, 2.24) is 15.1 Å². The number of methoxy groups -OCH3 is 2. The number of anilines is 3. The van der Waals surface area contributed by atoms with Crippen LogP contribution in [-0.2, 0) is 14.9 Å². The molecule has 40 heavy (non-hydrogen) atoms. The molecule has 0 bridgehead atoms. The van der Waals surface area contributed by atoms with Crippen molar-refractivity contribution in [2.45, 2.75) is 17.8 Å². The molecule has 1 aliphatic carbocycles.